The van der Waals surface area contributed by atoms with Crippen molar-refractivity contribution < 1.29 is 17.9 Å². The minimum absolute atomic E-state index is 0.138. The van der Waals surface area contributed by atoms with Gasteiger partial charge in [0.2, 0.25) is 5.91 Å². The number of amides is 1. The smallest absolute Gasteiger partial charge is 0.243 e. The number of hydrogen-bond donors (Lipinski definition) is 0. The second kappa shape index (κ2) is 4.30. The van der Waals surface area contributed by atoms with Crippen molar-refractivity contribution in [2.75, 3.05) is 6.61 Å². The fourth-order valence-corrected chi connectivity index (χ4v) is 4.76. The first-order valence-corrected chi connectivity index (χ1v) is 8.15. The molecule has 0 spiro atoms. The Balaban J connectivity index is 1.96. The lowest BCUT2D eigenvalue weighted by molar-refractivity contribution is -0.141. The topological polar surface area (TPSA) is 63.7 Å². The van der Waals surface area contributed by atoms with Crippen LogP contribution in [-0.2, 0) is 19.4 Å². The van der Waals surface area contributed by atoms with Crippen LogP contribution in [0.3, 0.4) is 0 Å². The lowest BCUT2D eigenvalue weighted by Crippen LogP contribution is -2.46. The minimum atomic E-state index is -3.63. The quantitative estimate of drug-likeness (QED) is 0.822. The van der Waals surface area contributed by atoms with E-state index in [1.54, 1.807) is 36.9 Å². The van der Waals surface area contributed by atoms with Crippen LogP contribution in [-0.4, -0.2) is 42.8 Å². The summed E-state index contributed by atoms with van der Waals surface area (Å²) in [6, 6.07) is 8.02. The highest BCUT2D eigenvalue weighted by Gasteiger charge is 2.55. The van der Waals surface area contributed by atoms with E-state index in [9.17, 15) is 13.2 Å². The zero-order valence-corrected chi connectivity index (χ0v) is 12.3. The Labute approximate surface area is 118 Å². The maximum atomic E-state index is 12.6. The largest absolute Gasteiger partial charge is 0.354 e. The molecule has 0 aliphatic carbocycles. The normalized spacial score (nSPS) is 28.7. The van der Waals surface area contributed by atoms with Gasteiger partial charge in [-0.25, -0.2) is 8.42 Å². The van der Waals surface area contributed by atoms with Crippen molar-refractivity contribution in [1.82, 2.24) is 4.90 Å². The molecule has 2 saturated heterocycles. The summed E-state index contributed by atoms with van der Waals surface area (Å²) >= 11 is 0. The van der Waals surface area contributed by atoms with Gasteiger partial charge in [0, 0.05) is 0 Å². The average molecular weight is 295 g/mol. The van der Waals surface area contributed by atoms with E-state index in [0.29, 0.717) is 13.0 Å². The van der Waals surface area contributed by atoms with Gasteiger partial charge >= 0.3 is 0 Å². The first-order chi connectivity index (χ1) is 9.34. The summed E-state index contributed by atoms with van der Waals surface area (Å²) in [7, 11) is -3.63. The van der Waals surface area contributed by atoms with Gasteiger partial charge in [0.15, 0.2) is 9.84 Å². The fourth-order valence-electron chi connectivity index (χ4n) is 3.04. The van der Waals surface area contributed by atoms with E-state index in [4.69, 9.17) is 4.74 Å². The summed E-state index contributed by atoms with van der Waals surface area (Å²) in [6.07, 6.45) is 0.305. The van der Waals surface area contributed by atoms with Crippen LogP contribution in [0.25, 0.3) is 0 Å². The first-order valence-electron chi connectivity index (χ1n) is 6.60. The number of benzene rings is 1. The van der Waals surface area contributed by atoms with E-state index in [2.05, 4.69) is 0 Å². The Morgan fingerprint density at radius 3 is 2.50 bits per heavy atom. The lowest BCUT2D eigenvalue weighted by Gasteiger charge is -2.29. The van der Waals surface area contributed by atoms with Crippen molar-refractivity contribution in [3.63, 3.8) is 0 Å². The molecule has 0 N–H and O–H groups in total. The van der Waals surface area contributed by atoms with Crippen LogP contribution in [0.5, 0.6) is 0 Å². The maximum Gasteiger partial charge on any atom is 0.243 e. The van der Waals surface area contributed by atoms with E-state index in [0.717, 1.165) is 0 Å². The standard InChI is InChI=1S/C14H17NO4S/c1-14(2)15-10(9-19-14)8-12(13(15)16)20(17,18)11-6-4-3-5-7-11/h3-7,10,12H,8-9H2,1-2H3/t10-,12?/m0/s1. The van der Waals surface area contributed by atoms with Crippen LogP contribution in [0, 0.1) is 0 Å². The van der Waals surface area contributed by atoms with E-state index in [1.165, 1.54) is 12.1 Å². The number of rotatable bonds is 2. The van der Waals surface area contributed by atoms with Crippen molar-refractivity contribution in [1.29, 1.82) is 0 Å². The van der Waals surface area contributed by atoms with Crippen LogP contribution in [0.4, 0.5) is 0 Å². The molecule has 3 rings (SSSR count). The molecular formula is C14H17NO4S. The Kier molecular flexibility index (Phi) is 2.92. The highest BCUT2D eigenvalue weighted by atomic mass is 32.2. The molecule has 0 saturated carbocycles. The third kappa shape index (κ3) is 1.86. The van der Waals surface area contributed by atoms with Gasteiger partial charge in [0.25, 0.3) is 0 Å². The van der Waals surface area contributed by atoms with E-state index < -0.39 is 20.8 Å². The van der Waals surface area contributed by atoms with Gasteiger partial charge in [-0.3, -0.25) is 4.79 Å². The van der Waals surface area contributed by atoms with Gasteiger partial charge in [-0.1, -0.05) is 18.2 Å². The number of nitrogens with zero attached hydrogens (tertiary/aromatic N) is 1. The molecule has 1 aromatic carbocycles. The average Bonchev–Trinajstić information content (AvgIpc) is 2.90. The summed E-state index contributed by atoms with van der Waals surface area (Å²) in [5.41, 5.74) is -0.720. The van der Waals surface area contributed by atoms with Gasteiger partial charge < -0.3 is 9.64 Å². The van der Waals surface area contributed by atoms with E-state index in [1.807, 2.05) is 0 Å². The number of ether oxygens (including phenoxy) is 1. The van der Waals surface area contributed by atoms with Crippen LogP contribution in [0.2, 0.25) is 0 Å². The van der Waals surface area contributed by atoms with Crippen LogP contribution >= 0.6 is 0 Å². The summed E-state index contributed by atoms with van der Waals surface area (Å²) in [5, 5.41) is -0.988. The molecule has 1 amide bonds. The van der Waals surface area contributed by atoms with Crippen molar-refractivity contribution in [2.24, 2.45) is 0 Å². The zero-order valence-electron chi connectivity index (χ0n) is 11.4. The molecule has 2 aliphatic heterocycles. The Bertz CT molecular complexity index is 638. The highest BCUT2D eigenvalue weighted by molar-refractivity contribution is 7.92. The molecule has 2 atom stereocenters. The SMILES string of the molecule is CC1(C)OC[C@@H]2CC(S(=O)(=O)c3ccccc3)C(=O)N21. The number of hydrogen-bond acceptors (Lipinski definition) is 4. The molecular weight excluding hydrogens is 278 g/mol. The number of carbonyl (C=O) groups excluding carboxylic acids is 1. The molecule has 5 nitrogen and oxygen atoms in total. The number of sulfone groups is 1. The molecule has 0 aromatic heterocycles. The second-order valence-corrected chi connectivity index (χ2v) is 7.83. The molecule has 20 heavy (non-hydrogen) atoms. The van der Waals surface area contributed by atoms with Crippen molar-refractivity contribution in [3.8, 4) is 0 Å². The molecule has 2 aliphatic rings. The van der Waals surface area contributed by atoms with Crippen molar-refractivity contribution in [2.45, 2.75) is 42.2 Å². The number of fused-ring (bicyclic) bond motifs is 1. The van der Waals surface area contributed by atoms with Crippen molar-refractivity contribution >= 4 is 15.7 Å². The Hall–Kier alpha value is -1.40. The summed E-state index contributed by atoms with van der Waals surface area (Å²) in [4.78, 5) is 14.3. The maximum absolute atomic E-state index is 12.6. The second-order valence-electron chi connectivity index (χ2n) is 5.70. The zero-order chi connectivity index (χ0) is 14.5. The summed E-state index contributed by atoms with van der Waals surface area (Å²) in [5.74, 6) is -0.346. The minimum Gasteiger partial charge on any atom is -0.354 e. The van der Waals surface area contributed by atoms with Gasteiger partial charge in [0.1, 0.15) is 11.0 Å². The molecule has 108 valence electrons. The summed E-state index contributed by atoms with van der Waals surface area (Å²) in [6.45, 7) is 3.99. The fraction of sp³-hybridized carbons (Fsp3) is 0.500. The Morgan fingerprint density at radius 2 is 1.90 bits per heavy atom. The monoisotopic (exact) mass is 295 g/mol. The lowest BCUT2D eigenvalue weighted by atomic mass is 10.2. The van der Waals surface area contributed by atoms with Gasteiger partial charge in [-0.2, -0.15) is 0 Å². The molecule has 1 unspecified atom stereocenters. The predicted octanol–water partition coefficient (Wildman–Crippen LogP) is 1.20. The highest BCUT2D eigenvalue weighted by Crippen LogP contribution is 2.38. The molecule has 0 bridgehead atoms. The molecule has 6 heteroatoms. The van der Waals surface area contributed by atoms with E-state index >= 15 is 0 Å². The molecule has 0 radical (unpaired) electrons. The Morgan fingerprint density at radius 1 is 1.25 bits per heavy atom. The van der Waals surface area contributed by atoms with Gasteiger partial charge in [-0.05, 0) is 32.4 Å². The van der Waals surface area contributed by atoms with Gasteiger partial charge in [-0.15, -0.1) is 0 Å². The van der Waals surface area contributed by atoms with Crippen LogP contribution in [0.15, 0.2) is 35.2 Å². The molecule has 1 aromatic rings. The first kappa shape index (κ1) is 13.6. The third-order valence-corrected chi connectivity index (χ3v) is 6.09. The third-order valence-electron chi connectivity index (χ3n) is 4.02. The van der Waals surface area contributed by atoms with E-state index in [-0.39, 0.29) is 16.8 Å². The predicted molar refractivity (Wildman–Crippen MR) is 72.7 cm³/mol. The van der Waals surface area contributed by atoms with Crippen molar-refractivity contribution in [3.05, 3.63) is 30.3 Å². The van der Waals surface area contributed by atoms with Crippen LogP contribution in [0.1, 0.15) is 20.3 Å². The molecule has 2 heterocycles. The van der Waals surface area contributed by atoms with Gasteiger partial charge in [0.05, 0.1) is 17.5 Å². The number of carbonyl (C=O) groups is 1. The van der Waals surface area contributed by atoms with Crippen LogP contribution < -0.4 is 0 Å². The summed E-state index contributed by atoms with van der Waals surface area (Å²) < 4.78 is 30.8. The molecule has 2 fully saturated rings.